The molecular formula is C14H14N2O. The summed E-state index contributed by atoms with van der Waals surface area (Å²) in [5.74, 6) is 0. The van der Waals surface area contributed by atoms with E-state index in [0.717, 1.165) is 31.5 Å². The topological polar surface area (TPSA) is 38.0 Å². The molecule has 1 unspecified atom stereocenters. The molecule has 1 aromatic carbocycles. The molecule has 1 aromatic heterocycles. The lowest BCUT2D eigenvalue weighted by Gasteiger charge is -2.11. The van der Waals surface area contributed by atoms with Crippen LogP contribution in [0.1, 0.15) is 18.4 Å². The quantitative estimate of drug-likeness (QED) is 0.789. The molecule has 0 N–H and O–H groups in total. The number of rotatable bonds is 2. The molecule has 0 saturated carbocycles. The van der Waals surface area contributed by atoms with Crippen LogP contribution in [0.25, 0.3) is 10.9 Å². The molecular weight excluding hydrogens is 212 g/mol. The number of benzene rings is 1. The van der Waals surface area contributed by atoms with Crippen molar-refractivity contribution in [3.8, 4) is 6.07 Å². The van der Waals surface area contributed by atoms with Crippen LogP contribution in [0.4, 0.5) is 0 Å². The third kappa shape index (κ3) is 1.92. The average Bonchev–Trinajstić information content (AvgIpc) is 2.99. The van der Waals surface area contributed by atoms with Gasteiger partial charge in [-0.1, -0.05) is 6.07 Å². The summed E-state index contributed by atoms with van der Waals surface area (Å²) in [7, 11) is 0. The zero-order valence-electron chi connectivity index (χ0n) is 9.60. The maximum Gasteiger partial charge on any atom is 0.0992 e. The van der Waals surface area contributed by atoms with Crippen molar-refractivity contribution in [2.75, 3.05) is 6.61 Å². The fourth-order valence-electron chi connectivity index (χ4n) is 2.42. The summed E-state index contributed by atoms with van der Waals surface area (Å²) in [6, 6.07) is 10.1. The third-order valence-corrected chi connectivity index (χ3v) is 3.33. The molecule has 1 fully saturated rings. The fraction of sp³-hybridized carbons (Fsp3) is 0.357. The van der Waals surface area contributed by atoms with Crippen LogP contribution in [-0.4, -0.2) is 17.3 Å². The number of hydrogen-bond donors (Lipinski definition) is 0. The van der Waals surface area contributed by atoms with Crippen LogP contribution >= 0.6 is 0 Å². The monoisotopic (exact) mass is 226 g/mol. The predicted octanol–water partition coefficient (Wildman–Crippen LogP) is 2.69. The van der Waals surface area contributed by atoms with Gasteiger partial charge in [-0.2, -0.15) is 5.26 Å². The second-order valence-corrected chi connectivity index (χ2v) is 4.49. The molecule has 1 saturated heterocycles. The summed E-state index contributed by atoms with van der Waals surface area (Å²) in [6.07, 6.45) is 4.70. The van der Waals surface area contributed by atoms with Crippen LogP contribution in [0.15, 0.2) is 30.5 Å². The van der Waals surface area contributed by atoms with Gasteiger partial charge >= 0.3 is 0 Å². The largest absolute Gasteiger partial charge is 0.376 e. The lowest BCUT2D eigenvalue weighted by atomic mass is 10.2. The van der Waals surface area contributed by atoms with Gasteiger partial charge in [0.1, 0.15) is 0 Å². The molecule has 1 atom stereocenters. The van der Waals surface area contributed by atoms with Gasteiger partial charge in [-0.25, -0.2) is 0 Å². The van der Waals surface area contributed by atoms with Gasteiger partial charge in [0, 0.05) is 24.9 Å². The van der Waals surface area contributed by atoms with Crippen molar-refractivity contribution in [3.63, 3.8) is 0 Å². The van der Waals surface area contributed by atoms with Crippen molar-refractivity contribution in [2.45, 2.75) is 25.5 Å². The molecule has 0 bridgehead atoms. The predicted molar refractivity (Wildman–Crippen MR) is 65.6 cm³/mol. The number of nitrogens with zero attached hydrogens (tertiary/aromatic N) is 2. The van der Waals surface area contributed by atoms with Gasteiger partial charge < -0.3 is 9.30 Å². The van der Waals surface area contributed by atoms with Crippen molar-refractivity contribution >= 4 is 10.9 Å². The Morgan fingerprint density at radius 3 is 3.12 bits per heavy atom. The SMILES string of the molecule is N#Cc1ccc2ccn(CC3CCCO3)c2c1. The molecule has 17 heavy (non-hydrogen) atoms. The minimum absolute atomic E-state index is 0.330. The van der Waals surface area contributed by atoms with Gasteiger partial charge in [0.15, 0.2) is 0 Å². The molecule has 2 heterocycles. The van der Waals surface area contributed by atoms with Crippen LogP contribution in [0.3, 0.4) is 0 Å². The summed E-state index contributed by atoms with van der Waals surface area (Å²) < 4.78 is 7.83. The third-order valence-electron chi connectivity index (χ3n) is 3.33. The van der Waals surface area contributed by atoms with E-state index in [-0.39, 0.29) is 0 Å². The number of fused-ring (bicyclic) bond motifs is 1. The van der Waals surface area contributed by atoms with E-state index in [0.29, 0.717) is 11.7 Å². The van der Waals surface area contributed by atoms with Crippen molar-refractivity contribution in [2.24, 2.45) is 0 Å². The average molecular weight is 226 g/mol. The Morgan fingerprint density at radius 1 is 1.41 bits per heavy atom. The van der Waals surface area contributed by atoms with Crippen LogP contribution < -0.4 is 0 Å². The van der Waals surface area contributed by atoms with Gasteiger partial charge in [-0.05, 0) is 36.4 Å². The second-order valence-electron chi connectivity index (χ2n) is 4.49. The summed E-state index contributed by atoms with van der Waals surface area (Å²) in [6.45, 7) is 1.77. The minimum atomic E-state index is 0.330. The number of hydrogen-bond acceptors (Lipinski definition) is 2. The Bertz CT molecular complexity index is 573. The van der Waals surface area contributed by atoms with Crippen molar-refractivity contribution < 1.29 is 4.74 Å². The highest BCUT2D eigenvalue weighted by atomic mass is 16.5. The first-order valence-electron chi connectivity index (χ1n) is 5.97. The van der Waals surface area contributed by atoms with E-state index in [2.05, 4.69) is 22.9 Å². The first kappa shape index (κ1) is 10.4. The van der Waals surface area contributed by atoms with Crippen LogP contribution in [0.5, 0.6) is 0 Å². The molecule has 3 nitrogen and oxygen atoms in total. The maximum atomic E-state index is 8.93. The number of nitriles is 1. The van der Waals surface area contributed by atoms with Gasteiger partial charge in [0.2, 0.25) is 0 Å². The smallest absolute Gasteiger partial charge is 0.0992 e. The molecule has 0 aliphatic carbocycles. The van der Waals surface area contributed by atoms with Gasteiger partial charge in [0.05, 0.1) is 17.7 Å². The molecule has 0 radical (unpaired) electrons. The Morgan fingerprint density at radius 2 is 2.35 bits per heavy atom. The summed E-state index contributed by atoms with van der Waals surface area (Å²) in [4.78, 5) is 0. The van der Waals surface area contributed by atoms with E-state index in [1.807, 2.05) is 18.2 Å². The van der Waals surface area contributed by atoms with Crippen molar-refractivity contribution in [1.82, 2.24) is 4.57 Å². The summed E-state index contributed by atoms with van der Waals surface area (Å²) >= 11 is 0. The molecule has 0 spiro atoms. The molecule has 3 heteroatoms. The van der Waals surface area contributed by atoms with E-state index < -0.39 is 0 Å². The molecule has 3 rings (SSSR count). The Hall–Kier alpha value is -1.79. The normalized spacial score (nSPS) is 19.6. The zero-order valence-corrected chi connectivity index (χ0v) is 9.60. The molecule has 1 aliphatic heterocycles. The zero-order chi connectivity index (χ0) is 11.7. The van der Waals surface area contributed by atoms with Crippen molar-refractivity contribution in [1.29, 1.82) is 5.26 Å². The minimum Gasteiger partial charge on any atom is -0.376 e. The van der Waals surface area contributed by atoms with E-state index in [1.165, 1.54) is 5.39 Å². The van der Waals surface area contributed by atoms with Crippen LogP contribution in [0.2, 0.25) is 0 Å². The fourth-order valence-corrected chi connectivity index (χ4v) is 2.42. The van der Waals surface area contributed by atoms with Gasteiger partial charge in [-0.3, -0.25) is 0 Å². The standard InChI is InChI=1S/C14H14N2O/c15-9-11-3-4-12-5-6-16(14(12)8-11)10-13-2-1-7-17-13/h3-6,8,13H,1-2,7,10H2. The lowest BCUT2D eigenvalue weighted by Crippen LogP contribution is -2.13. The first-order valence-corrected chi connectivity index (χ1v) is 5.97. The highest BCUT2D eigenvalue weighted by Crippen LogP contribution is 2.21. The molecule has 0 amide bonds. The van der Waals surface area contributed by atoms with Crippen LogP contribution in [0, 0.1) is 11.3 Å². The van der Waals surface area contributed by atoms with Gasteiger partial charge in [0.25, 0.3) is 0 Å². The number of aromatic nitrogens is 1. The van der Waals surface area contributed by atoms with E-state index in [9.17, 15) is 0 Å². The summed E-state index contributed by atoms with van der Waals surface area (Å²) in [5, 5.41) is 10.1. The van der Waals surface area contributed by atoms with Crippen molar-refractivity contribution in [3.05, 3.63) is 36.0 Å². The first-order chi connectivity index (χ1) is 8.36. The molecule has 2 aromatic rings. The van der Waals surface area contributed by atoms with Gasteiger partial charge in [-0.15, -0.1) is 0 Å². The second kappa shape index (κ2) is 4.23. The van der Waals surface area contributed by atoms with Crippen LogP contribution in [-0.2, 0) is 11.3 Å². The highest BCUT2D eigenvalue weighted by molar-refractivity contribution is 5.81. The number of ether oxygens (including phenoxy) is 1. The molecule has 86 valence electrons. The Kier molecular flexibility index (Phi) is 2.58. The maximum absolute atomic E-state index is 8.93. The lowest BCUT2D eigenvalue weighted by molar-refractivity contribution is 0.0980. The highest BCUT2D eigenvalue weighted by Gasteiger charge is 2.16. The van der Waals surface area contributed by atoms with E-state index in [1.54, 1.807) is 0 Å². The molecule has 1 aliphatic rings. The van der Waals surface area contributed by atoms with E-state index >= 15 is 0 Å². The Labute approximate surface area is 100 Å². The summed E-state index contributed by atoms with van der Waals surface area (Å²) in [5.41, 5.74) is 1.84. The van der Waals surface area contributed by atoms with E-state index in [4.69, 9.17) is 10.00 Å². The Balaban J connectivity index is 1.95.